The quantitative estimate of drug-likeness (QED) is 0.874. The second kappa shape index (κ2) is 6.62. The van der Waals surface area contributed by atoms with Crippen LogP contribution in [0.3, 0.4) is 0 Å². The summed E-state index contributed by atoms with van der Waals surface area (Å²) in [6.45, 7) is 1.40. The molecule has 1 heterocycles. The zero-order chi connectivity index (χ0) is 16.3. The molecule has 0 fully saturated rings. The van der Waals surface area contributed by atoms with E-state index in [-0.39, 0.29) is 18.6 Å². The average Bonchev–Trinajstić information content (AvgIpc) is 2.44. The van der Waals surface area contributed by atoms with Crippen molar-refractivity contribution in [1.82, 2.24) is 0 Å². The van der Waals surface area contributed by atoms with Crippen LogP contribution >= 0.6 is 0 Å². The van der Waals surface area contributed by atoms with E-state index in [0.29, 0.717) is 28.0 Å². The van der Waals surface area contributed by atoms with Gasteiger partial charge in [0.15, 0.2) is 0 Å². The normalized spacial score (nSPS) is 12.2. The van der Waals surface area contributed by atoms with Crippen molar-refractivity contribution in [2.24, 2.45) is 0 Å². The lowest BCUT2D eigenvalue weighted by molar-refractivity contribution is -0.118. The maximum Gasteiger partial charge on any atom is 0.347 e. The van der Waals surface area contributed by atoms with Gasteiger partial charge in [-0.1, -0.05) is 0 Å². The van der Waals surface area contributed by atoms with Crippen molar-refractivity contribution in [3.05, 3.63) is 34.4 Å². The maximum atomic E-state index is 12.1. The highest BCUT2D eigenvalue weighted by Crippen LogP contribution is 2.29. The number of Topliss-reactive ketones (excluding diaryl/α,β-unsaturated/α-hetero) is 1. The Labute approximate surface area is 127 Å². The Bertz CT molecular complexity index is 746. The van der Waals surface area contributed by atoms with Crippen molar-refractivity contribution in [3.8, 4) is 11.5 Å². The van der Waals surface area contributed by atoms with Gasteiger partial charge in [-0.2, -0.15) is 0 Å². The van der Waals surface area contributed by atoms with Crippen molar-refractivity contribution >= 4 is 16.6 Å². The second-order valence-corrected chi connectivity index (χ2v) is 5.06. The number of ether oxygens (including phenoxy) is 2. The molecule has 1 aromatic heterocycles. The van der Waals surface area contributed by atoms with Crippen molar-refractivity contribution in [2.45, 2.75) is 25.9 Å². The minimum Gasteiger partial charge on any atom is -0.497 e. The van der Waals surface area contributed by atoms with Gasteiger partial charge >= 0.3 is 5.63 Å². The number of rotatable bonds is 6. The summed E-state index contributed by atoms with van der Waals surface area (Å²) in [6.07, 6.45) is -0.779. The summed E-state index contributed by atoms with van der Waals surface area (Å²) in [4.78, 5) is 23.2. The summed E-state index contributed by atoms with van der Waals surface area (Å²) < 4.78 is 15.6. The van der Waals surface area contributed by atoms with E-state index in [0.717, 1.165) is 0 Å². The van der Waals surface area contributed by atoms with Gasteiger partial charge in [-0.15, -0.1) is 0 Å². The number of aliphatic hydroxyl groups excluding tert-OH is 1. The lowest BCUT2D eigenvalue weighted by Gasteiger charge is -2.10. The molecule has 2 aromatic rings. The Kier molecular flexibility index (Phi) is 4.82. The summed E-state index contributed by atoms with van der Waals surface area (Å²) in [7, 11) is 2.97. The first-order valence-electron chi connectivity index (χ1n) is 6.81. The van der Waals surface area contributed by atoms with Crippen LogP contribution in [0, 0.1) is 0 Å². The molecule has 0 saturated carbocycles. The monoisotopic (exact) mass is 306 g/mol. The van der Waals surface area contributed by atoms with Crippen molar-refractivity contribution in [1.29, 1.82) is 0 Å². The lowest BCUT2D eigenvalue weighted by Crippen LogP contribution is -2.15. The van der Waals surface area contributed by atoms with E-state index in [1.807, 2.05) is 0 Å². The minimum atomic E-state index is -0.884. The molecule has 0 amide bonds. The standard InChI is InChI=1S/C16H18O6/c1-9(17)4-11(18)7-13-6-10-5-12(20-2)8-14(21-3)15(10)16(19)22-13/h5-6,8,11,18H,4,7H2,1-3H3. The third-order valence-electron chi connectivity index (χ3n) is 3.27. The van der Waals surface area contributed by atoms with Crippen LogP contribution in [0.4, 0.5) is 0 Å². The minimum absolute atomic E-state index is 0.0170. The van der Waals surface area contributed by atoms with Crippen LogP contribution < -0.4 is 15.1 Å². The molecule has 0 aliphatic heterocycles. The van der Waals surface area contributed by atoms with Gasteiger partial charge in [0.25, 0.3) is 0 Å². The number of ketones is 1. The highest BCUT2D eigenvalue weighted by molar-refractivity contribution is 5.88. The summed E-state index contributed by atoms with van der Waals surface area (Å²) in [5.41, 5.74) is -0.554. The molecule has 1 N–H and O–H groups in total. The number of fused-ring (bicyclic) bond motifs is 1. The lowest BCUT2D eigenvalue weighted by atomic mass is 10.1. The molecule has 0 aliphatic carbocycles. The molecule has 0 bridgehead atoms. The molecule has 0 saturated heterocycles. The fourth-order valence-electron chi connectivity index (χ4n) is 2.33. The van der Waals surface area contributed by atoms with Crippen molar-refractivity contribution < 1.29 is 23.8 Å². The first-order chi connectivity index (χ1) is 10.4. The van der Waals surface area contributed by atoms with E-state index in [1.165, 1.54) is 21.1 Å². The van der Waals surface area contributed by atoms with E-state index >= 15 is 0 Å². The van der Waals surface area contributed by atoms with E-state index in [9.17, 15) is 14.7 Å². The third-order valence-corrected chi connectivity index (χ3v) is 3.27. The highest BCUT2D eigenvalue weighted by atomic mass is 16.5. The summed E-state index contributed by atoms with van der Waals surface area (Å²) >= 11 is 0. The number of methoxy groups -OCH3 is 2. The van der Waals surface area contributed by atoms with Crippen LogP contribution in [0.2, 0.25) is 0 Å². The van der Waals surface area contributed by atoms with Crippen LogP contribution in [0.15, 0.2) is 27.4 Å². The van der Waals surface area contributed by atoms with E-state index < -0.39 is 11.7 Å². The van der Waals surface area contributed by atoms with Gasteiger partial charge in [0.05, 0.1) is 20.3 Å². The van der Waals surface area contributed by atoms with Crippen molar-refractivity contribution in [3.63, 3.8) is 0 Å². The van der Waals surface area contributed by atoms with Gasteiger partial charge in [0, 0.05) is 18.9 Å². The number of hydrogen-bond donors (Lipinski definition) is 1. The van der Waals surface area contributed by atoms with Crippen molar-refractivity contribution in [2.75, 3.05) is 14.2 Å². The number of benzene rings is 1. The average molecular weight is 306 g/mol. The van der Waals surface area contributed by atoms with Crippen LogP contribution in [-0.4, -0.2) is 31.2 Å². The van der Waals surface area contributed by atoms with Crippen LogP contribution in [0.25, 0.3) is 10.8 Å². The number of carbonyl (C=O) groups excluding carboxylic acids is 1. The fourth-order valence-corrected chi connectivity index (χ4v) is 2.33. The molecule has 2 rings (SSSR count). The Morgan fingerprint density at radius 1 is 1.27 bits per heavy atom. The van der Waals surface area contributed by atoms with E-state index in [4.69, 9.17) is 13.9 Å². The van der Waals surface area contributed by atoms with Crippen LogP contribution in [-0.2, 0) is 11.2 Å². The first-order valence-corrected chi connectivity index (χ1v) is 6.81. The van der Waals surface area contributed by atoms with Crippen LogP contribution in [0.1, 0.15) is 19.1 Å². The first kappa shape index (κ1) is 16.0. The highest BCUT2D eigenvalue weighted by Gasteiger charge is 2.15. The molecule has 22 heavy (non-hydrogen) atoms. The molecule has 1 aromatic carbocycles. The number of aliphatic hydroxyl groups is 1. The van der Waals surface area contributed by atoms with Gasteiger partial charge in [0.2, 0.25) is 0 Å². The summed E-state index contributed by atoms with van der Waals surface area (Å²) in [5, 5.41) is 10.7. The topological polar surface area (TPSA) is 86.0 Å². The molecule has 6 nitrogen and oxygen atoms in total. The van der Waals surface area contributed by atoms with Crippen LogP contribution in [0.5, 0.6) is 11.5 Å². The van der Waals surface area contributed by atoms with Gasteiger partial charge in [0.1, 0.15) is 28.4 Å². The smallest absolute Gasteiger partial charge is 0.347 e. The second-order valence-electron chi connectivity index (χ2n) is 5.06. The Hall–Kier alpha value is -2.34. The zero-order valence-corrected chi connectivity index (χ0v) is 12.7. The molecule has 6 heteroatoms. The predicted octanol–water partition coefficient (Wildman–Crippen LogP) is 1.69. The third kappa shape index (κ3) is 3.46. The van der Waals surface area contributed by atoms with Gasteiger partial charge in [-0.25, -0.2) is 4.79 Å². The predicted molar refractivity (Wildman–Crippen MR) is 80.6 cm³/mol. The maximum absolute atomic E-state index is 12.1. The van der Waals surface area contributed by atoms with E-state index in [2.05, 4.69) is 0 Å². The molecule has 118 valence electrons. The number of hydrogen-bond acceptors (Lipinski definition) is 6. The van der Waals surface area contributed by atoms with Gasteiger partial charge in [-0.05, 0) is 24.4 Å². The molecular formula is C16H18O6. The number of carbonyl (C=O) groups is 1. The Morgan fingerprint density at radius 2 is 2.00 bits per heavy atom. The molecule has 0 spiro atoms. The zero-order valence-electron chi connectivity index (χ0n) is 12.7. The molecule has 0 radical (unpaired) electrons. The Balaban J connectivity index is 2.47. The molecule has 0 aliphatic rings. The van der Waals surface area contributed by atoms with Gasteiger partial charge < -0.3 is 19.0 Å². The van der Waals surface area contributed by atoms with E-state index in [1.54, 1.807) is 18.2 Å². The summed E-state index contributed by atoms with van der Waals surface area (Å²) in [5.74, 6) is 1.09. The SMILES string of the molecule is COc1cc(OC)c2c(=O)oc(CC(O)CC(C)=O)cc2c1. The van der Waals surface area contributed by atoms with Gasteiger partial charge in [-0.3, -0.25) is 4.79 Å². The summed E-state index contributed by atoms with van der Waals surface area (Å²) in [6, 6.07) is 4.93. The Morgan fingerprint density at radius 3 is 2.59 bits per heavy atom. The molecule has 1 unspecified atom stereocenters. The molecule has 1 atom stereocenters. The largest absolute Gasteiger partial charge is 0.497 e. The fraction of sp³-hybridized carbons (Fsp3) is 0.375. The molecular weight excluding hydrogens is 288 g/mol.